The summed E-state index contributed by atoms with van der Waals surface area (Å²) in [5, 5.41) is 3.10. The van der Waals surface area contributed by atoms with Crippen LogP contribution in [0, 0.1) is 0 Å². The second kappa shape index (κ2) is 3.13. The summed E-state index contributed by atoms with van der Waals surface area (Å²) in [5.41, 5.74) is 0. The van der Waals surface area contributed by atoms with Crippen LogP contribution in [0.4, 0.5) is 0 Å². The van der Waals surface area contributed by atoms with Crippen molar-refractivity contribution in [2.45, 2.75) is 19.4 Å². The van der Waals surface area contributed by atoms with Gasteiger partial charge in [-0.1, -0.05) is 12.2 Å². The topological polar surface area (TPSA) is 21.3 Å². The van der Waals surface area contributed by atoms with E-state index in [-0.39, 0.29) is 6.10 Å². The molecule has 1 aliphatic rings. The maximum atomic E-state index is 5.31. The van der Waals surface area contributed by atoms with Gasteiger partial charge in [0.05, 0.1) is 0 Å². The van der Waals surface area contributed by atoms with Crippen molar-refractivity contribution in [2.75, 3.05) is 13.2 Å². The smallest absolute Gasteiger partial charge is 0.105 e. The van der Waals surface area contributed by atoms with E-state index in [2.05, 4.69) is 5.32 Å². The third-order valence-electron chi connectivity index (χ3n) is 1.36. The van der Waals surface area contributed by atoms with Crippen molar-refractivity contribution in [3.63, 3.8) is 0 Å². The molecule has 2 nitrogen and oxygen atoms in total. The van der Waals surface area contributed by atoms with Crippen LogP contribution in [0.25, 0.3) is 0 Å². The molecule has 0 aromatic carbocycles. The summed E-state index contributed by atoms with van der Waals surface area (Å²) in [6.45, 7) is 3.76. The lowest BCUT2D eigenvalue weighted by molar-refractivity contribution is 0.116. The molecule has 0 aliphatic carbocycles. The second-order valence-corrected chi connectivity index (χ2v) is 2.60. The molecule has 9 heavy (non-hydrogen) atoms. The molecule has 1 rings (SSSR count). The summed E-state index contributed by atoms with van der Waals surface area (Å²) in [7, 11) is 0. The Labute approximate surface area is 60.6 Å². The fourth-order valence-corrected chi connectivity index (χ4v) is 0.933. The van der Waals surface area contributed by atoms with E-state index in [1.807, 2.05) is 6.92 Å². The summed E-state index contributed by atoms with van der Waals surface area (Å²) in [6, 6.07) is 0. The van der Waals surface area contributed by atoms with Crippen LogP contribution in [-0.4, -0.2) is 24.2 Å². The Hall–Kier alpha value is -0.150. The van der Waals surface area contributed by atoms with Crippen molar-refractivity contribution >= 4 is 17.2 Å². The molecule has 1 saturated heterocycles. The molecule has 0 radical (unpaired) electrons. The number of ether oxygens (including phenoxy) is 1. The molecule has 0 saturated carbocycles. The van der Waals surface area contributed by atoms with Crippen molar-refractivity contribution < 1.29 is 4.74 Å². The van der Waals surface area contributed by atoms with Crippen molar-refractivity contribution in [2.24, 2.45) is 0 Å². The van der Waals surface area contributed by atoms with Crippen LogP contribution in [0.2, 0.25) is 0 Å². The molecule has 1 atom stereocenters. The number of nitrogens with one attached hydrogen (secondary N) is 1. The molecule has 3 heteroatoms. The summed E-state index contributed by atoms with van der Waals surface area (Å²) < 4.78 is 5.31. The number of hydrogen-bond acceptors (Lipinski definition) is 2. The van der Waals surface area contributed by atoms with Crippen LogP contribution < -0.4 is 5.32 Å². The highest BCUT2D eigenvalue weighted by Gasteiger charge is 2.10. The average Bonchev–Trinajstić information content (AvgIpc) is 1.99. The van der Waals surface area contributed by atoms with E-state index in [0.717, 1.165) is 24.6 Å². The number of hydrogen-bond donors (Lipinski definition) is 1. The Bertz CT molecular complexity index is 116. The lowest BCUT2D eigenvalue weighted by atomic mass is 10.4. The quantitative estimate of drug-likeness (QED) is 0.507. The minimum atomic E-state index is 0.113. The molecule has 1 heterocycles. The van der Waals surface area contributed by atoms with Gasteiger partial charge in [0, 0.05) is 13.2 Å². The fraction of sp³-hybridized carbons (Fsp3) is 0.833. The first-order chi connectivity index (χ1) is 4.30. The van der Waals surface area contributed by atoms with E-state index < -0.39 is 0 Å². The average molecular weight is 145 g/mol. The van der Waals surface area contributed by atoms with Gasteiger partial charge in [-0.3, -0.25) is 0 Å². The molecule has 1 unspecified atom stereocenters. The van der Waals surface area contributed by atoms with Gasteiger partial charge in [0.2, 0.25) is 0 Å². The summed E-state index contributed by atoms with van der Waals surface area (Å²) in [6.07, 6.45) is 1.17. The lowest BCUT2D eigenvalue weighted by Crippen LogP contribution is -2.29. The van der Waals surface area contributed by atoms with Crippen LogP contribution in [0.15, 0.2) is 0 Å². The predicted molar refractivity (Wildman–Crippen MR) is 40.6 cm³/mol. The van der Waals surface area contributed by atoms with E-state index in [0.29, 0.717) is 0 Å². The highest BCUT2D eigenvalue weighted by molar-refractivity contribution is 7.80. The minimum absolute atomic E-state index is 0.113. The number of rotatable bonds is 0. The van der Waals surface area contributed by atoms with Gasteiger partial charge in [-0.2, -0.15) is 0 Å². The molecular weight excluding hydrogens is 134 g/mol. The Morgan fingerprint density at radius 3 is 3.33 bits per heavy atom. The van der Waals surface area contributed by atoms with Crippen molar-refractivity contribution in [3.05, 3.63) is 0 Å². The molecule has 1 fully saturated rings. The molecule has 0 spiro atoms. The largest absolute Gasteiger partial charge is 0.377 e. The van der Waals surface area contributed by atoms with Gasteiger partial charge < -0.3 is 10.1 Å². The fourth-order valence-electron chi connectivity index (χ4n) is 0.763. The van der Waals surface area contributed by atoms with Gasteiger partial charge in [0.15, 0.2) is 0 Å². The lowest BCUT2D eigenvalue weighted by Gasteiger charge is -2.08. The molecule has 0 aromatic rings. The number of thiocarbonyl (C=S) groups is 1. The Morgan fingerprint density at radius 1 is 1.78 bits per heavy atom. The zero-order valence-corrected chi connectivity index (χ0v) is 6.33. The minimum Gasteiger partial charge on any atom is -0.377 e. The molecule has 1 aliphatic heterocycles. The monoisotopic (exact) mass is 145 g/mol. The van der Waals surface area contributed by atoms with Gasteiger partial charge in [0.1, 0.15) is 11.1 Å². The zero-order valence-electron chi connectivity index (χ0n) is 5.52. The Morgan fingerprint density at radius 2 is 2.56 bits per heavy atom. The van der Waals surface area contributed by atoms with Crippen LogP contribution in [0.1, 0.15) is 13.3 Å². The van der Waals surface area contributed by atoms with Crippen LogP contribution in [0.3, 0.4) is 0 Å². The molecule has 0 aromatic heterocycles. The Balaban J connectivity index is 2.41. The van der Waals surface area contributed by atoms with Gasteiger partial charge in [-0.05, 0) is 13.3 Å². The van der Waals surface area contributed by atoms with Gasteiger partial charge in [-0.15, -0.1) is 0 Å². The third-order valence-corrected chi connectivity index (χ3v) is 1.83. The van der Waals surface area contributed by atoms with Gasteiger partial charge >= 0.3 is 0 Å². The molecular formula is C6H11NOS. The standard InChI is InChI=1S/C6H11NOS/c1-5-6(9)7-3-2-4-8-5/h5H,2-4H2,1H3,(H,7,9). The molecule has 0 amide bonds. The van der Waals surface area contributed by atoms with E-state index >= 15 is 0 Å². The van der Waals surface area contributed by atoms with Crippen molar-refractivity contribution in [1.82, 2.24) is 5.32 Å². The summed E-state index contributed by atoms with van der Waals surface area (Å²) in [4.78, 5) is 0.840. The normalized spacial score (nSPS) is 29.0. The van der Waals surface area contributed by atoms with E-state index in [9.17, 15) is 0 Å². The summed E-state index contributed by atoms with van der Waals surface area (Å²) >= 11 is 4.98. The van der Waals surface area contributed by atoms with E-state index in [1.165, 1.54) is 0 Å². The van der Waals surface area contributed by atoms with Crippen LogP contribution >= 0.6 is 12.2 Å². The van der Waals surface area contributed by atoms with Crippen molar-refractivity contribution in [3.8, 4) is 0 Å². The summed E-state index contributed by atoms with van der Waals surface area (Å²) in [5.74, 6) is 0. The van der Waals surface area contributed by atoms with E-state index in [1.54, 1.807) is 0 Å². The third kappa shape index (κ3) is 1.91. The maximum Gasteiger partial charge on any atom is 0.105 e. The van der Waals surface area contributed by atoms with Crippen LogP contribution in [0.5, 0.6) is 0 Å². The van der Waals surface area contributed by atoms with Gasteiger partial charge in [0.25, 0.3) is 0 Å². The maximum absolute atomic E-state index is 5.31. The zero-order chi connectivity index (χ0) is 6.69. The first-order valence-electron chi connectivity index (χ1n) is 3.20. The highest BCUT2D eigenvalue weighted by Crippen LogP contribution is 1.98. The predicted octanol–water partition coefficient (Wildman–Crippen LogP) is 0.712. The van der Waals surface area contributed by atoms with E-state index in [4.69, 9.17) is 17.0 Å². The first-order valence-corrected chi connectivity index (χ1v) is 3.61. The Kier molecular flexibility index (Phi) is 2.42. The highest BCUT2D eigenvalue weighted by atomic mass is 32.1. The molecule has 0 bridgehead atoms. The van der Waals surface area contributed by atoms with Gasteiger partial charge in [-0.25, -0.2) is 0 Å². The second-order valence-electron chi connectivity index (χ2n) is 2.16. The SMILES string of the molecule is CC1OCCCNC1=S. The molecule has 1 N–H and O–H groups in total. The molecule has 52 valence electrons. The van der Waals surface area contributed by atoms with Crippen LogP contribution in [-0.2, 0) is 4.74 Å². The first kappa shape index (κ1) is 6.96. The van der Waals surface area contributed by atoms with Crippen molar-refractivity contribution in [1.29, 1.82) is 0 Å².